The molecule has 3 N–H and O–H groups in total. The monoisotopic (exact) mass is 335 g/mol. The second kappa shape index (κ2) is 7.01. The third-order valence-corrected chi connectivity index (χ3v) is 5.14. The van der Waals surface area contributed by atoms with Crippen LogP contribution >= 0.6 is 0 Å². The van der Waals surface area contributed by atoms with Gasteiger partial charge in [0.2, 0.25) is 0 Å². The van der Waals surface area contributed by atoms with Gasteiger partial charge in [0.25, 0.3) is 5.91 Å². The van der Waals surface area contributed by atoms with Crippen LogP contribution in [0.1, 0.15) is 42.0 Å². The standard InChI is InChI=1S/C19H30N2O3/c1-12-13(2)17-15(14(3)16(12)22)8-9-19(4,24-17)18(23)20-10-7-11-21(5)6/h22H,7-11H2,1-6H3,(H,20,23)/p+1/t19-/m0/s1. The van der Waals surface area contributed by atoms with Crippen LogP contribution in [0, 0.1) is 20.8 Å². The van der Waals surface area contributed by atoms with E-state index in [0.717, 1.165) is 47.4 Å². The highest BCUT2D eigenvalue weighted by Crippen LogP contribution is 2.43. The molecule has 5 heteroatoms. The van der Waals surface area contributed by atoms with Crippen molar-refractivity contribution in [2.45, 2.75) is 52.6 Å². The third-order valence-electron chi connectivity index (χ3n) is 5.14. The molecule has 24 heavy (non-hydrogen) atoms. The van der Waals surface area contributed by atoms with E-state index in [-0.39, 0.29) is 5.91 Å². The molecule has 1 aromatic carbocycles. The smallest absolute Gasteiger partial charge is 0.263 e. The van der Waals surface area contributed by atoms with Gasteiger partial charge in [-0.05, 0) is 50.8 Å². The van der Waals surface area contributed by atoms with Gasteiger partial charge in [0.05, 0.1) is 20.6 Å². The lowest BCUT2D eigenvalue weighted by molar-refractivity contribution is -0.858. The van der Waals surface area contributed by atoms with Crippen LogP contribution in [0.4, 0.5) is 0 Å². The molecule has 0 saturated carbocycles. The average Bonchev–Trinajstić information content (AvgIpc) is 2.54. The SMILES string of the molecule is Cc1c(C)c2c(c(C)c1O)CC[C@@](C)(C(=O)NCCC[NH+](C)C)O2. The molecule has 5 nitrogen and oxygen atoms in total. The molecule has 2 rings (SSSR count). The zero-order valence-electron chi connectivity index (χ0n) is 15.8. The van der Waals surface area contributed by atoms with E-state index < -0.39 is 5.60 Å². The Morgan fingerprint density at radius 3 is 2.54 bits per heavy atom. The minimum atomic E-state index is -0.849. The number of quaternary nitrogens is 1. The van der Waals surface area contributed by atoms with E-state index in [2.05, 4.69) is 19.4 Å². The molecule has 1 heterocycles. The molecule has 1 atom stereocenters. The summed E-state index contributed by atoms with van der Waals surface area (Å²) in [5.74, 6) is 1.06. The minimum Gasteiger partial charge on any atom is -0.507 e. The van der Waals surface area contributed by atoms with Crippen LogP contribution in [0.5, 0.6) is 11.5 Å². The van der Waals surface area contributed by atoms with Gasteiger partial charge in [0, 0.05) is 24.9 Å². The molecule has 0 saturated heterocycles. The predicted octanol–water partition coefficient (Wildman–Crippen LogP) is 1.05. The van der Waals surface area contributed by atoms with Crippen molar-refractivity contribution >= 4 is 5.91 Å². The molecular formula is C19H31N2O3+. The average molecular weight is 335 g/mol. The zero-order valence-corrected chi connectivity index (χ0v) is 15.8. The fourth-order valence-electron chi connectivity index (χ4n) is 3.24. The highest BCUT2D eigenvalue weighted by molar-refractivity contribution is 5.85. The summed E-state index contributed by atoms with van der Waals surface area (Å²) in [7, 11) is 4.21. The summed E-state index contributed by atoms with van der Waals surface area (Å²) in [6.45, 7) is 9.29. The van der Waals surface area contributed by atoms with Gasteiger partial charge in [0.1, 0.15) is 11.5 Å². The molecular weight excluding hydrogens is 304 g/mol. The molecule has 0 spiro atoms. The van der Waals surface area contributed by atoms with Gasteiger partial charge in [-0.15, -0.1) is 0 Å². The number of rotatable bonds is 5. The Bertz CT molecular complexity index is 640. The minimum absolute atomic E-state index is 0.0512. The second-order valence-corrected chi connectivity index (χ2v) is 7.43. The first kappa shape index (κ1) is 18.6. The lowest BCUT2D eigenvalue weighted by Gasteiger charge is -2.36. The molecule has 1 aromatic rings. The normalized spacial score (nSPS) is 19.8. The van der Waals surface area contributed by atoms with Crippen LogP contribution in [0.3, 0.4) is 0 Å². The van der Waals surface area contributed by atoms with Gasteiger partial charge in [-0.3, -0.25) is 4.79 Å². The summed E-state index contributed by atoms with van der Waals surface area (Å²) in [6.07, 6.45) is 2.31. The molecule has 0 fully saturated rings. The van der Waals surface area contributed by atoms with Crippen molar-refractivity contribution in [3.63, 3.8) is 0 Å². The van der Waals surface area contributed by atoms with Crippen molar-refractivity contribution in [1.82, 2.24) is 5.32 Å². The van der Waals surface area contributed by atoms with E-state index in [4.69, 9.17) is 4.74 Å². The Morgan fingerprint density at radius 2 is 1.92 bits per heavy atom. The van der Waals surface area contributed by atoms with Crippen molar-refractivity contribution in [3.05, 3.63) is 22.3 Å². The molecule has 0 aliphatic carbocycles. The molecule has 0 unspecified atom stereocenters. The Hall–Kier alpha value is -1.75. The van der Waals surface area contributed by atoms with E-state index >= 15 is 0 Å². The summed E-state index contributed by atoms with van der Waals surface area (Å²) in [4.78, 5) is 14.0. The number of amides is 1. The van der Waals surface area contributed by atoms with Crippen LogP contribution in [0.2, 0.25) is 0 Å². The fourth-order valence-corrected chi connectivity index (χ4v) is 3.24. The van der Waals surface area contributed by atoms with Crippen molar-refractivity contribution in [3.8, 4) is 11.5 Å². The van der Waals surface area contributed by atoms with Crippen molar-refractivity contribution in [2.75, 3.05) is 27.2 Å². The number of hydrogen-bond donors (Lipinski definition) is 3. The summed E-state index contributed by atoms with van der Waals surface area (Å²) in [5.41, 5.74) is 2.79. The van der Waals surface area contributed by atoms with E-state index in [9.17, 15) is 9.90 Å². The lowest BCUT2D eigenvalue weighted by Crippen LogP contribution is -3.05. The van der Waals surface area contributed by atoms with Crippen molar-refractivity contribution in [2.24, 2.45) is 0 Å². The highest BCUT2D eigenvalue weighted by atomic mass is 16.5. The number of hydrogen-bond acceptors (Lipinski definition) is 3. The molecule has 0 bridgehead atoms. The van der Waals surface area contributed by atoms with Crippen LogP contribution in [0.15, 0.2) is 0 Å². The third kappa shape index (κ3) is 3.51. The number of carbonyl (C=O) groups excluding carboxylic acids is 1. The van der Waals surface area contributed by atoms with E-state index in [0.29, 0.717) is 18.7 Å². The molecule has 1 aliphatic heterocycles. The summed E-state index contributed by atoms with van der Waals surface area (Å²) >= 11 is 0. The van der Waals surface area contributed by atoms with Gasteiger partial charge in [-0.2, -0.15) is 0 Å². The van der Waals surface area contributed by atoms with Gasteiger partial charge < -0.3 is 20.1 Å². The van der Waals surface area contributed by atoms with E-state index in [1.165, 1.54) is 4.90 Å². The Balaban J connectivity index is 2.14. The van der Waals surface area contributed by atoms with Gasteiger partial charge in [-0.1, -0.05) is 0 Å². The number of aromatic hydroxyl groups is 1. The van der Waals surface area contributed by atoms with Crippen LogP contribution in [0.25, 0.3) is 0 Å². The largest absolute Gasteiger partial charge is 0.507 e. The van der Waals surface area contributed by atoms with E-state index in [1.807, 2.05) is 27.7 Å². The first-order chi connectivity index (χ1) is 11.2. The highest BCUT2D eigenvalue weighted by Gasteiger charge is 2.40. The maximum atomic E-state index is 12.6. The van der Waals surface area contributed by atoms with Crippen molar-refractivity contribution in [1.29, 1.82) is 0 Å². The maximum Gasteiger partial charge on any atom is 0.263 e. The fraction of sp³-hybridized carbons (Fsp3) is 0.632. The molecule has 1 amide bonds. The second-order valence-electron chi connectivity index (χ2n) is 7.43. The number of benzene rings is 1. The van der Waals surface area contributed by atoms with E-state index in [1.54, 1.807) is 0 Å². The van der Waals surface area contributed by atoms with Crippen LogP contribution in [-0.4, -0.2) is 43.8 Å². The number of phenolic OH excluding ortho intramolecular Hbond substituents is 1. The lowest BCUT2D eigenvalue weighted by atomic mass is 9.86. The summed E-state index contributed by atoms with van der Waals surface area (Å²) in [6, 6.07) is 0. The van der Waals surface area contributed by atoms with Crippen molar-refractivity contribution < 1.29 is 19.5 Å². The Kier molecular flexibility index (Phi) is 5.43. The Morgan fingerprint density at radius 1 is 1.25 bits per heavy atom. The molecule has 1 aliphatic rings. The number of nitrogens with one attached hydrogen (secondary N) is 2. The van der Waals surface area contributed by atoms with Crippen LogP contribution < -0.4 is 15.0 Å². The van der Waals surface area contributed by atoms with Gasteiger partial charge >= 0.3 is 0 Å². The number of carbonyl (C=O) groups is 1. The zero-order chi connectivity index (χ0) is 18.1. The topological polar surface area (TPSA) is 63.0 Å². The van der Waals surface area contributed by atoms with Gasteiger partial charge in [0.15, 0.2) is 5.60 Å². The first-order valence-corrected chi connectivity index (χ1v) is 8.75. The predicted molar refractivity (Wildman–Crippen MR) is 95.0 cm³/mol. The summed E-state index contributed by atoms with van der Waals surface area (Å²) in [5, 5.41) is 13.2. The number of ether oxygens (including phenoxy) is 1. The molecule has 134 valence electrons. The summed E-state index contributed by atoms with van der Waals surface area (Å²) < 4.78 is 6.18. The Labute approximate surface area is 145 Å². The number of fused-ring (bicyclic) bond motifs is 1. The first-order valence-electron chi connectivity index (χ1n) is 8.75. The maximum absolute atomic E-state index is 12.6. The molecule has 0 radical (unpaired) electrons. The van der Waals surface area contributed by atoms with Gasteiger partial charge in [-0.25, -0.2) is 0 Å². The van der Waals surface area contributed by atoms with Crippen LogP contribution in [-0.2, 0) is 11.2 Å². The molecule has 0 aromatic heterocycles. The number of phenols is 1. The quantitative estimate of drug-likeness (QED) is 0.705.